The summed E-state index contributed by atoms with van der Waals surface area (Å²) in [6.07, 6.45) is 7.62. The van der Waals surface area contributed by atoms with Crippen molar-refractivity contribution in [2.75, 3.05) is 6.54 Å². The van der Waals surface area contributed by atoms with E-state index >= 15 is 0 Å². The zero-order valence-corrected chi connectivity index (χ0v) is 10.5. The van der Waals surface area contributed by atoms with Crippen LogP contribution in [0.3, 0.4) is 0 Å². The Hall–Kier alpha value is -0.530. The first kappa shape index (κ1) is 12.5. The lowest BCUT2D eigenvalue weighted by Crippen LogP contribution is -2.49. The Kier molecular flexibility index (Phi) is 4.62. The van der Waals surface area contributed by atoms with Gasteiger partial charge in [0.15, 0.2) is 0 Å². The number of rotatable bonds is 4. The molecule has 0 aromatic rings. The molecule has 0 aliphatic carbocycles. The van der Waals surface area contributed by atoms with Crippen LogP contribution in [0.15, 0.2) is 0 Å². The second-order valence-corrected chi connectivity index (χ2v) is 4.96. The predicted octanol–water partition coefficient (Wildman–Crippen LogP) is 3.36. The topological polar surface area (TPSA) is 20.3 Å². The highest BCUT2D eigenvalue weighted by atomic mass is 16.2. The minimum absolute atomic E-state index is 0.107. The van der Waals surface area contributed by atoms with Gasteiger partial charge in [0.25, 0.3) is 0 Å². The van der Waals surface area contributed by atoms with Gasteiger partial charge in [-0.15, -0.1) is 0 Å². The van der Waals surface area contributed by atoms with Gasteiger partial charge in [-0.3, -0.25) is 4.79 Å². The van der Waals surface area contributed by atoms with E-state index in [4.69, 9.17) is 0 Å². The van der Waals surface area contributed by atoms with Crippen LogP contribution in [-0.2, 0) is 4.79 Å². The summed E-state index contributed by atoms with van der Waals surface area (Å²) in [5.74, 6) is 0.380. The first-order chi connectivity index (χ1) is 7.14. The summed E-state index contributed by atoms with van der Waals surface area (Å²) >= 11 is 0. The van der Waals surface area contributed by atoms with Gasteiger partial charge in [0.2, 0.25) is 5.91 Å². The van der Waals surface area contributed by atoms with Gasteiger partial charge in [0.1, 0.15) is 0 Å². The molecule has 2 heteroatoms. The van der Waals surface area contributed by atoms with Gasteiger partial charge in [-0.05, 0) is 32.6 Å². The summed E-state index contributed by atoms with van der Waals surface area (Å²) in [6, 6.07) is 0. The zero-order valence-electron chi connectivity index (χ0n) is 10.5. The number of hydrogen-bond acceptors (Lipinski definition) is 1. The lowest BCUT2D eigenvalue weighted by molar-refractivity contribution is -0.137. The monoisotopic (exact) mass is 211 g/mol. The molecule has 1 unspecified atom stereocenters. The molecular weight excluding hydrogens is 186 g/mol. The van der Waals surface area contributed by atoms with Crippen molar-refractivity contribution in [1.29, 1.82) is 0 Å². The molecule has 1 fully saturated rings. The Morgan fingerprint density at radius 3 is 2.60 bits per heavy atom. The molecule has 0 aromatic carbocycles. The molecule has 1 aliphatic rings. The largest absolute Gasteiger partial charge is 0.337 e. The molecule has 1 aliphatic heterocycles. The smallest absolute Gasteiger partial charge is 0.223 e. The van der Waals surface area contributed by atoms with Gasteiger partial charge in [-0.2, -0.15) is 0 Å². The Bertz CT molecular complexity index is 215. The van der Waals surface area contributed by atoms with E-state index in [9.17, 15) is 4.79 Å². The molecule has 1 atom stereocenters. The van der Waals surface area contributed by atoms with Crippen molar-refractivity contribution in [3.63, 3.8) is 0 Å². The minimum Gasteiger partial charge on any atom is -0.337 e. The van der Waals surface area contributed by atoms with Crippen LogP contribution in [-0.4, -0.2) is 22.9 Å². The minimum atomic E-state index is 0.107. The lowest BCUT2D eigenvalue weighted by atomic mass is 9.90. The van der Waals surface area contributed by atoms with Crippen LogP contribution >= 0.6 is 0 Å². The van der Waals surface area contributed by atoms with Crippen LogP contribution in [0.4, 0.5) is 0 Å². The van der Waals surface area contributed by atoms with Crippen LogP contribution in [0, 0.1) is 0 Å². The van der Waals surface area contributed by atoms with Crippen LogP contribution in [0.1, 0.15) is 65.7 Å². The molecule has 0 N–H and O–H groups in total. The molecule has 0 saturated carbocycles. The van der Waals surface area contributed by atoms with Crippen LogP contribution in [0.25, 0.3) is 0 Å². The SMILES string of the molecule is CCCC(C)(CC)N1CCCCCC1=O. The first-order valence-corrected chi connectivity index (χ1v) is 6.44. The molecule has 0 spiro atoms. The number of hydrogen-bond donors (Lipinski definition) is 0. The van der Waals surface area contributed by atoms with Crippen LogP contribution in [0.2, 0.25) is 0 Å². The number of nitrogens with zero attached hydrogens (tertiary/aromatic N) is 1. The summed E-state index contributed by atoms with van der Waals surface area (Å²) in [5, 5.41) is 0. The maximum atomic E-state index is 12.0. The van der Waals surface area contributed by atoms with Crippen LogP contribution in [0.5, 0.6) is 0 Å². The molecule has 1 rings (SSSR count). The third-order valence-electron chi connectivity index (χ3n) is 3.78. The molecule has 0 bridgehead atoms. The third-order valence-corrected chi connectivity index (χ3v) is 3.78. The Labute approximate surface area is 94.0 Å². The van der Waals surface area contributed by atoms with Gasteiger partial charge in [-0.1, -0.05) is 26.7 Å². The quantitative estimate of drug-likeness (QED) is 0.698. The lowest BCUT2D eigenvalue weighted by Gasteiger charge is -2.40. The predicted molar refractivity (Wildman–Crippen MR) is 63.8 cm³/mol. The van der Waals surface area contributed by atoms with E-state index in [2.05, 4.69) is 25.7 Å². The highest BCUT2D eigenvalue weighted by Gasteiger charge is 2.32. The van der Waals surface area contributed by atoms with Crippen molar-refractivity contribution in [3.8, 4) is 0 Å². The maximum absolute atomic E-state index is 12.0. The molecule has 1 saturated heterocycles. The number of likely N-dealkylation sites (tertiary alicyclic amines) is 1. The molecule has 1 heterocycles. The highest BCUT2D eigenvalue weighted by molar-refractivity contribution is 5.77. The second kappa shape index (κ2) is 5.53. The summed E-state index contributed by atoms with van der Waals surface area (Å²) in [7, 11) is 0. The highest BCUT2D eigenvalue weighted by Crippen LogP contribution is 2.28. The summed E-state index contributed by atoms with van der Waals surface area (Å²) in [6.45, 7) is 7.63. The van der Waals surface area contributed by atoms with Gasteiger partial charge in [-0.25, -0.2) is 0 Å². The summed E-state index contributed by atoms with van der Waals surface area (Å²) in [5.41, 5.74) is 0.107. The number of amides is 1. The zero-order chi connectivity index (χ0) is 11.3. The Balaban J connectivity index is 2.75. The fourth-order valence-electron chi connectivity index (χ4n) is 2.59. The van der Waals surface area contributed by atoms with E-state index in [0.717, 1.165) is 38.6 Å². The molecule has 88 valence electrons. The van der Waals surface area contributed by atoms with Gasteiger partial charge in [0, 0.05) is 18.5 Å². The summed E-state index contributed by atoms with van der Waals surface area (Å²) in [4.78, 5) is 14.2. The van der Waals surface area contributed by atoms with Crippen molar-refractivity contribution in [1.82, 2.24) is 4.90 Å². The molecular formula is C13H25NO. The van der Waals surface area contributed by atoms with Crippen molar-refractivity contribution < 1.29 is 4.79 Å². The van der Waals surface area contributed by atoms with E-state index in [1.165, 1.54) is 12.8 Å². The van der Waals surface area contributed by atoms with Gasteiger partial charge >= 0.3 is 0 Å². The normalized spacial score (nSPS) is 22.3. The van der Waals surface area contributed by atoms with E-state index in [-0.39, 0.29) is 5.54 Å². The van der Waals surface area contributed by atoms with Crippen molar-refractivity contribution in [2.45, 2.75) is 71.3 Å². The third kappa shape index (κ3) is 2.96. The van der Waals surface area contributed by atoms with Gasteiger partial charge < -0.3 is 4.90 Å². The van der Waals surface area contributed by atoms with Crippen molar-refractivity contribution in [2.24, 2.45) is 0 Å². The van der Waals surface area contributed by atoms with Crippen molar-refractivity contribution >= 4 is 5.91 Å². The summed E-state index contributed by atoms with van der Waals surface area (Å²) < 4.78 is 0. The molecule has 2 nitrogen and oxygen atoms in total. The number of carbonyl (C=O) groups excluding carboxylic acids is 1. The van der Waals surface area contributed by atoms with Crippen LogP contribution < -0.4 is 0 Å². The van der Waals surface area contributed by atoms with E-state index in [1.807, 2.05) is 0 Å². The van der Waals surface area contributed by atoms with E-state index < -0.39 is 0 Å². The molecule has 1 amide bonds. The average molecular weight is 211 g/mol. The average Bonchev–Trinajstić information content (AvgIpc) is 2.43. The standard InChI is InChI=1S/C13H25NO/c1-4-10-13(3,5-2)14-11-8-6-7-9-12(14)15/h4-11H2,1-3H3. The maximum Gasteiger partial charge on any atom is 0.223 e. The Morgan fingerprint density at radius 2 is 2.00 bits per heavy atom. The second-order valence-electron chi connectivity index (χ2n) is 4.96. The fourth-order valence-corrected chi connectivity index (χ4v) is 2.59. The fraction of sp³-hybridized carbons (Fsp3) is 0.923. The molecule has 0 aromatic heterocycles. The first-order valence-electron chi connectivity index (χ1n) is 6.44. The molecule has 0 radical (unpaired) electrons. The van der Waals surface area contributed by atoms with E-state index in [0.29, 0.717) is 5.91 Å². The Morgan fingerprint density at radius 1 is 1.27 bits per heavy atom. The van der Waals surface area contributed by atoms with Crippen molar-refractivity contribution in [3.05, 3.63) is 0 Å². The number of carbonyl (C=O) groups is 1. The van der Waals surface area contributed by atoms with Gasteiger partial charge in [0.05, 0.1) is 0 Å². The molecule has 15 heavy (non-hydrogen) atoms. The van der Waals surface area contributed by atoms with E-state index in [1.54, 1.807) is 0 Å².